The second-order valence-electron chi connectivity index (χ2n) is 4.08. The lowest BCUT2D eigenvalue weighted by molar-refractivity contribution is 0.0562. The Hall–Kier alpha value is -0.860. The van der Waals surface area contributed by atoms with Gasteiger partial charge in [0.05, 0.1) is 13.2 Å². The molecule has 1 unspecified atom stereocenters. The Morgan fingerprint density at radius 1 is 1.40 bits per heavy atom. The first-order valence-corrected chi connectivity index (χ1v) is 7.74. The zero-order chi connectivity index (χ0) is 14.7. The van der Waals surface area contributed by atoms with Gasteiger partial charge in [-0.3, -0.25) is 0 Å². The highest BCUT2D eigenvalue weighted by molar-refractivity contribution is 14.1. The van der Waals surface area contributed by atoms with Crippen LogP contribution in [-0.4, -0.2) is 20.1 Å². The Morgan fingerprint density at radius 3 is 2.80 bits per heavy atom. The Balaban J connectivity index is 2.39. The molecule has 1 atom stereocenters. The van der Waals surface area contributed by atoms with E-state index < -0.39 is 5.97 Å². The van der Waals surface area contributed by atoms with Crippen LogP contribution in [0.5, 0.6) is 0 Å². The molecule has 0 saturated heterocycles. The molecule has 0 aliphatic rings. The third-order valence-electron chi connectivity index (χ3n) is 2.86. The van der Waals surface area contributed by atoms with Gasteiger partial charge >= 0.3 is 5.97 Å². The standard InChI is InChI=1S/C14H13BrINO3/c1-17-13(9-7-8(15)3-4-10(9)16)11-5-6-12(20-11)14(18)19-2/h3-7,13,17H,1-2H3. The summed E-state index contributed by atoms with van der Waals surface area (Å²) in [5, 5.41) is 3.20. The molecule has 0 fully saturated rings. The molecule has 0 bridgehead atoms. The largest absolute Gasteiger partial charge is 0.463 e. The summed E-state index contributed by atoms with van der Waals surface area (Å²) in [6, 6.07) is 9.32. The molecule has 2 aromatic rings. The number of esters is 1. The molecule has 0 amide bonds. The molecular formula is C14H13BrINO3. The van der Waals surface area contributed by atoms with Gasteiger partial charge in [0, 0.05) is 8.04 Å². The van der Waals surface area contributed by atoms with E-state index in [4.69, 9.17) is 4.42 Å². The van der Waals surface area contributed by atoms with Gasteiger partial charge in [0.2, 0.25) is 5.76 Å². The monoisotopic (exact) mass is 449 g/mol. The Labute approximate surface area is 139 Å². The maximum absolute atomic E-state index is 11.4. The zero-order valence-corrected chi connectivity index (χ0v) is 14.7. The number of furan rings is 1. The molecule has 0 aliphatic heterocycles. The number of benzene rings is 1. The first kappa shape index (κ1) is 15.5. The third kappa shape index (κ3) is 3.24. The molecule has 0 radical (unpaired) electrons. The van der Waals surface area contributed by atoms with Crippen LogP contribution in [0.4, 0.5) is 0 Å². The summed E-state index contributed by atoms with van der Waals surface area (Å²) in [7, 11) is 3.18. The van der Waals surface area contributed by atoms with Gasteiger partial charge in [-0.15, -0.1) is 0 Å². The Morgan fingerprint density at radius 2 is 2.15 bits per heavy atom. The molecule has 1 aromatic carbocycles. The van der Waals surface area contributed by atoms with Gasteiger partial charge in [0.25, 0.3) is 0 Å². The smallest absolute Gasteiger partial charge is 0.373 e. The minimum absolute atomic E-state index is 0.127. The van der Waals surface area contributed by atoms with Crippen LogP contribution in [0.3, 0.4) is 0 Å². The van der Waals surface area contributed by atoms with Gasteiger partial charge in [0.15, 0.2) is 0 Å². The van der Waals surface area contributed by atoms with Gasteiger partial charge < -0.3 is 14.5 Å². The summed E-state index contributed by atoms with van der Waals surface area (Å²) in [6.07, 6.45) is 0. The summed E-state index contributed by atoms with van der Waals surface area (Å²) < 4.78 is 12.3. The molecule has 1 heterocycles. The van der Waals surface area contributed by atoms with E-state index in [1.807, 2.05) is 25.2 Å². The summed E-state index contributed by atoms with van der Waals surface area (Å²) in [5.41, 5.74) is 1.08. The van der Waals surface area contributed by atoms with Crippen molar-refractivity contribution in [1.29, 1.82) is 0 Å². The highest BCUT2D eigenvalue weighted by Crippen LogP contribution is 2.29. The average molecular weight is 450 g/mol. The van der Waals surface area contributed by atoms with Crippen LogP contribution in [0.25, 0.3) is 0 Å². The van der Waals surface area contributed by atoms with E-state index in [9.17, 15) is 4.79 Å². The molecule has 4 nitrogen and oxygen atoms in total. The van der Waals surface area contributed by atoms with Gasteiger partial charge in [0.1, 0.15) is 5.76 Å². The molecule has 1 aromatic heterocycles. The van der Waals surface area contributed by atoms with Crippen molar-refractivity contribution >= 4 is 44.5 Å². The second-order valence-corrected chi connectivity index (χ2v) is 6.16. The van der Waals surface area contributed by atoms with Crippen LogP contribution in [0, 0.1) is 3.57 Å². The van der Waals surface area contributed by atoms with Crippen LogP contribution >= 0.6 is 38.5 Å². The number of nitrogens with one attached hydrogen (secondary N) is 1. The van der Waals surface area contributed by atoms with Crippen LogP contribution in [0.15, 0.2) is 39.2 Å². The van der Waals surface area contributed by atoms with Crippen LogP contribution in [0.1, 0.15) is 27.9 Å². The SMILES string of the molecule is CNC(c1ccc(C(=O)OC)o1)c1cc(Br)ccc1I. The van der Waals surface area contributed by atoms with Crippen molar-refractivity contribution in [2.24, 2.45) is 0 Å². The van der Waals surface area contributed by atoms with Gasteiger partial charge in [-0.1, -0.05) is 15.9 Å². The lowest BCUT2D eigenvalue weighted by atomic mass is 10.1. The summed E-state index contributed by atoms with van der Waals surface area (Å²) in [6.45, 7) is 0. The molecule has 6 heteroatoms. The van der Waals surface area contributed by atoms with Crippen molar-refractivity contribution in [3.63, 3.8) is 0 Å². The number of hydrogen-bond donors (Lipinski definition) is 1. The molecular weight excluding hydrogens is 437 g/mol. The lowest BCUT2D eigenvalue weighted by Gasteiger charge is -2.16. The Kier molecular flexibility index (Phi) is 5.22. The lowest BCUT2D eigenvalue weighted by Crippen LogP contribution is -2.18. The predicted molar refractivity (Wildman–Crippen MR) is 87.8 cm³/mol. The van der Waals surface area contributed by atoms with E-state index >= 15 is 0 Å². The Bertz CT molecular complexity index is 627. The summed E-state index contributed by atoms with van der Waals surface area (Å²) >= 11 is 5.75. The van der Waals surface area contributed by atoms with E-state index in [0.29, 0.717) is 5.76 Å². The highest BCUT2D eigenvalue weighted by Gasteiger charge is 2.21. The van der Waals surface area contributed by atoms with E-state index in [1.54, 1.807) is 12.1 Å². The van der Waals surface area contributed by atoms with Crippen LogP contribution in [-0.2, 0) is 4.74 Å². The highest BCUT2D eigenvalue weighted by atomic mass is 127. The van der Waals surface area contributed by atoms with Gasteiger partial charge in [-0.05, 0) is 65.5 Å². The summed E-state index contributed by atoms with van der Waals surface area (Å²) in [5.74, 6) is 0.395. The number of rotatable bonds is 4. The second kappa shape index (κ2) is 6.73. The minimum atomic E-state index is -0.477. The van der Waals surface area contributed by atoms with Crippen molar-refractivity contribution in [2.75, 3.05) is 14.2 Å². The van der Waals surface area contributed by atoms with Crippen molar-refractivity contribution in [2.45, 2.75) is 6.04 Å². The van der Waals surface area contributed by atoms with Crippen molar-refractivity contribution < 1.29 is 13.9 Å². The molecule has 0 spiro atoms. The minimum Gasteiger partial charge on any atom is -0.463 e. The van der Waals surface area contributed by atoms with Crippen molar-refractivity contribution in [1.82, 2.24) is 5.32 Å². The quantitative estimate of drug-likeness (QED) is 0.570. The normalized spacial score (nSPS) is 12.2. The molecule has 0 saturated carbocycles. The molecule has 0 aliphatic carbocycles. The van der Waals surface area contributed by atoms with Crippen LogP contribution in [0.2, 0.25) is 0 Å². The van der Waals surface area contributed by atoms with E-state index in [1.165, 1.54) is 7.11 Å². The first-order chi connectivity index (χ1) is 9.56. The number of carbonyl (C=O) groups is 1. The molecule has 2 rings (SSSR count). The number of hydrogen-bond acceptors (Lipinski definition) is 4. The fourth-order valence-corrected chi connectivity index (χ4v) is 2.93. The number of ether oxygens (including phenoxy) is 1. The van der Waals surface area contributed by atoms with Gasteiger partial charge in [-0.25, -0.2) is 4.79 Å². The van der Waals surface area contributed by atoms with Gasteiger partial charge in [-0.2, -0.15) is 0 Å². The maximum Gasteiger partial charge on any atom is 0.373 e. The number of carbonyl (C=O) groups excluding carboxylic acids is 1. The average Bonchev–Trinajstić information content (AvgIpc) is 2.92. The van der Waals surface area contributed by atoms with E-state index in [2.05, 4.69) is 48.6 Å². The molecule has 106 valence electrons. The predicted octanol–water partition coefficient (Wildman–Crippen LogP) is 3.74. The zero-order valence-electron chi connectivity index (χ0n) is 10.9. The maximum atomic E-state index is 11.4. The molecule has 1 N–H and O–H groups in total. The van der Waals surface area contributed by atoms with Crippen molar-refractivity contribution in [3.8, 4) is 0 Å². The number of methoxy groups -OCH3 is 1. The summed E-state index contributed by atoms with van der Waals surface area (Å²) in [4.78, 5) is 11.4. The van der Waals surface area contributed by atoms with E-state index in [0.717, 1.165) is 13.6 Å². The first-order valence-electron chi connectivity index (χ1n) is 5.87. The number of halogens is 2. The van der Waals surface area contributed by atoms with E-state index in [-0.39, 0.29) is 11.8 Å². The fourth-order valence-electron chi connectivity index (χ4n) is 1.91. The third-order valence-corrected chi connectivity index (χ3v) is 4.33. The van der Waals surface area contributed by atoms with Crippen LogP contribution < -0.4 is 5.32 Å². The fraction of sp³-hybridized carbons (Fsp3) is 0.214. The topological polar surface area (TPSA) is 51.5 Å². The molecule has 20 heavy (non-hydrogen) atoms. The van der Waals surface area contributed by atoms with Crippen molar-refractivity contribution in [3.05, 3.63) is 55.5 Å².